The first-order valence-corrected chi connectivity index (χ1v) is 7.20. The van der Waals surface area contributed by atoms with E-state index in [9.17, 15) is 10.1 Å². The molecule has 7 nitrogen and oxygen atoms in total. The van der Waals surface area contributed by atoms with Crippen LogP contribution in [0.3, 0.4) is 0 Å². The van der Waals surface area contributed by atoms with Gasteiger partial charge in [-0.1, -0.05) is 6.07 Å². The Hall–Kier alpha value is -2.92. The first-order chi connectivity index (χ1) is 10.7. The van der Waals surface area contributed by atoms with E-state index >= 15 is 0 Å². The van der Waals surface area contributed by atoms with Crippen LogP contribution in [0.25, 0.3) is 10.8 Å². The Bertz CT molecular complexity index is 834. The summed E-state index contributed by atoms with van der Waals surface area (Å²) in [5.74, 6) is -0.747. The van der Waals surface area contributed by atoms with Gasteiger partial charge in [0.2, 0.25) is 0 Å². The molecule has 1 atom stereocenters. The number of thiazole rings is 1. The van der Waals surface area contributed by atoms with Gasteiger partial charge in [-0.25, -0.2) is 9.97 Å². The SMILES string of the molecule is Cc1nc(-c2ncn[nH]2)sc1C(=O)[C@H](C#N)c1ccccn1. The van der Waals surface area contributed by atoms with E-state index < -0.39 is 5.92 Å². The standard InChI is InChI=1S/C14H10N6OS/c1-8-12(22-14(19-8)13-17-7-18-20-13)11(21)9(6-15)10-4-2-3-5-16-10/h2-5,7,9H,1H3,(H,17,18,20)/t9-/m1/s1. The van der Waals surface area contributed by atoms with E-state index in [2.05, 4.69) is 25.1 Å². The third kappa shape index (κ3) is 2.49. The minimum Gasteiger partial charge on any atom is -0.291 e. The van der Waals surface area contributed by atoms with E-state index in [1.54, 1.807) is 31.3 Å². The molecule has 108 valence electrons. The topological polar surface area (TPSA) is 108 Å². The van der Waals surface area contributed by atoms with Gasteiger partial charge in [0.1, 0.15) is 6.33 Å². The number of aromatic nitrogens is 5. The maximum Gasteiger partial charge on any atom is 0.197 e. The predicted molar refractivity (Wildman–Crippen MR) is 79.1 cm³/mol. The fourth-order valence-electron chi connectivity index (χ4n) is 1.97. The van der Waals surface area contributed by atoms with Crippen LogP contribution in [-0.2, 0) is 0 Å². The number of aromatic amines is 1. The maximum atomic E-state index is 12.6. The molecule has 1 N–H and O–H groups in total. The van der Waals surface area contributed by atoms with Crippen LogP contribution in [0.1, 0.15) is 27.0 Å². The number of hydrogen-bond acceptors (Lipinski definition) is 7. The van der Waals surface area contributed by atoms with Crippen molar-refractivity contribution < 1.29 is 4.79 Å². The molecule has 3 rings (SSSR count). The highest BCUT2D eigenvalue weighted by molar-refractivity contribution is 7.17. The third-order valence-electron chi connectivity index (χ3n) is 3.01. The third-order valence-corrected chi connectivity index (χ3v) is 4.19. The number of rotatable bonds is 4. The zero-order valence-corrected chi connectivity index (χ0v) is 12.3. The predicted octanol–water partition coefficient (Wildman–Crippen LogP) is 2.12. The van der Waals surface area contributed by atoms with Crippen molar-refractivity contribution in [2.24, 2.45) is 0 Å². The summed E-state index contributed by atoms with van der Waals surface area (Å²) in [4.78, 5) is 25.5. The van der Waals surface area contributed by atoms with Crippen molar-refractivity contribution in [1.29, 1.82) is 5.26 Å². The fraction of sp³-hybridized carbons (Fsp3) is 0.143. The minimum absolute atomic E-state index is 0.304. The van der Waals surface area contributed by atoms with E-state index in [4.69, 9.17) is 0 Å². The molecule has 0 aliphatic carbocycles. The first-order valence-electron chi connectivity index (χ1n) is 6.38. The molecule has 3 aromatic rings. The van der Waals surface area contributed by atoms with Crippen molar-refractivity contribution in [3.63, 3.8) is 0 Å². The average Bonchev–Trinajstić information content (AvgIpc) is 3.18. The summed E-state index contributed by atoms with van der Waals surface area (Å²) in [5.41, 5.74) is 1.00. The number of aryl methyl sites for hydroxylation is 1. The second-order valence-corrected chi connectivity index (χ2v) is 5.45. The average molecular weight is 310 g/mol. The number of nitriles is 1. The molecule has 0 fully saturated rings. The summed E-state index contributed by atoms with van der Waals surface area (Å²) in [5, 5.41) is 16.4. The minimum atomic E-state index is -0.942. The lowest BCUT2D eigenvalue weighted by Gasteiger charge is -2.05. The van der Waals surface area contributed by atoms with Crippen LogP contribution in [-0.4, -0.2) is 30.9 Å². The summed E-state index contributed by atoms with van der Waals surface area (Å²) < 4.78 is 0. The second kappa shape index (κ2) is 5.83. The largest absolute Gasteiger partial charge is 0.291 e. The highest BCUT2D eigenvalue weighted by atomic mass is 32.1. The van der Waals surface area contributed by atoms with Gasteiger partial charge in [-0.05, 0) is 19.1 Å². The molecular formula is C14H10N6OS. The smallest absolute Gasteiger partial charge is 0.197 e. The van der Waals surface area contributed by atoms with Crippen molar-refractivity contribution in [2.45, 2.75) is 12.8 Å². The Morgan fingerprint density at radius 3 is 2.91 bits per heavy atom. The highest BCUT2D eigenvalue weighted by Crippen LogP contribution is 2.29. The van der Waals surface area contributed by atoms with Crippen molar-refractivity contribution in [3.8, 4) is 16.9 Å². The Morgan fingerprint density at radius 1 is 1.41 bits per heavy atom. The van der Waals surface area contributed by atoms with Crippen LogP contribution in [0, 0.1) is 18.3 Å². The molecule has 0 amide bonds. The Labute approximate surface area is 129 Å². The quantitative estimate of drug-likeness (QED) is 0.739. The van der Waals surface area contributed by atoms with E-state index in [1.165, 1.54) is 17.7 Å². The molecule has 0 saturated carbocycles. The maximum absolute atomic E-state index is 12.6. The van der Waals surface area contributed by atoms with E-state index in [0.717, 1.165) is 0 Å². The zero-order valence-electron chi connectivity index (χ0n) is 11.5. The van der Waals surface area contributed by atoms with Gasteiger partial charge >= 0.3 is 0 Å². The van der Waals surface area contributed by atoms with Crippen LogP contribution in [0.15, 0.2) is 30.7 Å². The molecule has 0 radical (unpaired) electrons. The molecule has 0 aromatic carbocycles. The molecule has 0 unspecified atom stereocenters. The van der Waals surface area contributed by atoms with Gasteiger partial charge in [-0.15, -0.1) is 11.3 Å². The van der Waals surface area contributed by atoms with Gasteiger partial charge in [0, 0.05) is 6.20 Å². The van der Waals surface area contributed by atoms with Crippen LogP contribution < -0.4 is 0 Å². The Balaban J connectivity index is 1.97. The molecule has 3 aromatic heterocycles. The lowest BCUT2D eigenvalue weighted by Crippen LogP contribution is -2.12. The summed E-state index contributed by atoms with van der Waals surface area (Å²) in [6.07, 6.45) is 2.94. The van der Waals surface area contributed by atoms with Crippen molar-refractivity contribution >= 4 is 17.1 Å². The number of H-pyrrole nitrogens is 1. The number of hydrogen-bond donors (Lipinski definition) is 1. The van der Waals surface area contributed by atoms with Gasteiger partial charge in [0.25, 0.3) is 0 Å². The van der Waals surface area contributed by atoms with Crippen LogP contribution in [0.4, 0.5) is 0 Å². The van der Waals surface area contributed by atoms with E-state index in [0.29, 0.717) is 27.1 Å². The van der Waals surface area contributed by atoms with Crippen LogP contribution in [0.2, 0.25) is 0 Å². The molecule has 3 heterocycles. The highest BCUT2D eigenvalue weighted by Gasteiger charge is 2.27. The van der Waals surface area contributed by atoms with Crippen LogP contribution >= 0.6 is 11.3 Å². The molecule has 0 aliphatic heterocycles. The van der Waals surface area contributed by atoms with Gasteiger partial charge in [-0.3, -0.25) is 14.9 Å². The lowest BCUT2D eigenvalue weighted by molar-refractivity contribution is 0.0980. The monoisotopic (exact) mass is 310 g/mol. The lowest BCUT2D eigenvalue weighted by atomic mass is 9.99. The molecular weight excluding hydrogens is 300 g/mol. The Kier molecular flexibility index (Phi) is 3.72. The number of pyridine rings is 1. The summed E-state index contributed by atoms with van der Waals surface area (Å²) in [6.45, 7) is 1.73. The Morgan fingerprint density at radius 2 is 2.27 bits per heavy atom. The summed E-state index contributed by atoms with van der Waals surface area (Å²) in [7, 11) is 0. The second-order valence-electron chi connectivity index (χ2n) is 4.45. The molecule has 8 heteroatoms. The van der Waals surface area contributed by atoms with Gasteiger partial charge in [0.15, 0.2) is 22.5 Å². The molecule has 0 aliphatic rings. The molecule has 0 bridgehead atoms. The number of carbonyl (C=O) groups excluding carboxylic acids is 1. The number of nitrogens with one attached hydrogen (secondary N) is 1. The zero-order chi connectivity index (χ0) is 15.5. The van der Waals surface area contributed by atoms with E-state index in [-0.39, 0.29) is 5.78 Å². The number of nitrogens with zero attached hydrogens (tertiary/aromatic N) is 5. The molecule has 0 saturated heterocycles. The van der Waals surface area contributed by atoms with Crippen molar-refractivity contribution in [2.75, 3.05) is 0 Å². The van der Waals surface area contributed by atoms with Crippen molar-refractivity contribution in [3.05, 3.63) is 47.0 Å². The van der Waals surface area contributed by atoms with Gasteiger partial charge in [0.05, 0.1) is 22.3 Å². The van der Waals surface area contributed by atoms with Gasteiger partial charge < -0.3 is 0 Å². The van der Waals surface area contributed by atoms with E-state index in [1.807, 2.05) is 6.07 Å². The van der Waals surface area contributed by atoms with Gasteiger partial charge in [-0.2, -0.15) is 10.4 Å². The normalized spacial score (nSPS) is 11.8. The fourth-order valence-corrected chi connectivity index (χ4v) is 2.95. The number of ketones is 1. The summed E-state index contributed by atoms with van der Waals surface area (Å²) >= 11 is 1.19. The molecule has 0 spiro atoms. The summed E-state index contributed by atoms with van der Waals surface area (Å²) in [6, 6.07) is 7.17. The van der Waals surface area contributed by atoms with Crippen molar-refractivity contribution in [1.82, 2.24) is 25.1 Å². The first kappa shape index (κ1) is 14.0. The molecule has 22 heavy (non-hydrogen) atoms. The number of Topliss-reactive ketones (excluding diaryl/α,β-unsaturated/α-hetero) is 1. The number of carbonyl (C=O) groups is 1. The van der Waals surface area contributed by atoms with Crippen LogP contribution in [0.5, 0.6) is 0 Å².